The molecule has 6 heteroatoms. The highest BCUT2D eigenvalue weighted by molar-refractivity contribution is 7.85. The van der Waals surface area contributed by atoms with E-state index in [4.69, 9.17) is 5.73 Å². The highest BCUT2D eigenvalue weighted by Crippen LogP contribution is 2.18. The van der Waals surface area contributed by atoms with Gasteiger partial charge in [0, 0.05) is 16.6 Å². The van der Waals surface area contributed by atoms with Gasteiger partial charge >= 0.3 is 0 Å². The van der Waals surface area contributed by atoms with Crippen LogP contribution in [0.4, 0.5) is 15.8 Å². The quantitative estimate of drug-likeness (QED) is 0.787. The number of nitrogens with one attached hydrogen (secondary N) is 1. The Hall–Kier alpha value is -1.43. The first-order chi connectivity index (χ1) is 8.88. The zero-order valence-electron chi connectivity index (χ0n) is 11.1. The Morgan fingerprint density at radius 3 is 2.74 bits per heavy atom. The van der Waals surface area contributed by atoms with Crippen LogP contribution in [0, 0.1) is 11.7 Å². The van der Waals surface area contributed by atoms with Gasteiger partial charge in [-0.1, -0.05) is 13.8 Å². The molecule has 1 aromatic carbocycles. The van der Waals surface area contributed by atoms with Crippen LogP contribution < -0.4 is 11.1 Å². The van der Waals surface area contributed by atoms with Gasteiger partial charge in [-0.3, -0.25) is 9.00 Å². The third-order valence-electron chi connectivity index (χ3n) is 2.50. The van der Waals surface area contributed by atoms with E-state index in [9.17, 15) is 13.4 Å². The number of nitrogen functional groups attached to an aromatic ring is 1. The molecule has 1 rings (SSSR count). The molecule has 0 aliphatic heterocycles. The number of carbonyl (C=O) groups is 1. The van der Waals surface area contributed by atoms with Crippen LogP contribution in [0.1, 0.15) is 20.3 Å². The van der Waals surface area contributed by atoms with Crippen molar-refractivity contribution in [3.63, 3.8) is 0 Å². The number of rotatable bonds is 6. The van der Waals surface area contributed by atoms with Crippen LogP contribution in [0.15, 0.2) is 18.2 Å². The van der Waals surface area contributed by atoms with Crippen LogP contribution in [0.2, 0.25) is 0 Å². The second-order valence-electron chi connectivity index (χ2n) is 4.75. The highest BCUT2D eigenvalue weighted by Gasteiger charge is 2.10. The Balaban J connectivity index is 2.49. The molecule has 0 fully saturated rings. The van der Waals surface area contributed by atoms with Crippen molar-refractivity contribution in [2.45, 2.75) is 20.3 Å². The first-order valence-electron chi connectivity index (χ1n) is 6.08. The summed E-state index contributed by atoms with van der Waals surface area (Å²) >= 11 is 0. The molecule has 4 nitrogen and oxygen atoms in total. The molecule has 0 aliphatic rings. The fraction of sp³-hybridized carbons (Fsp3) is 0.462. The fourth-order valence-electron chi connectivity index (χ4n) is 1.42. The average molecular weight is 286 g/mol. The van der Waals surface area contributed by atoms with E-state index >= 15 is 0 Å². The summed E-state index contributed by atoms with van der Waals surface area (Å²) in [5.41, 5.74) is 6.06. The smallest absolute Gasteiger partial charge is 0.237 e. The topological polar surface area (TPSA) is 72.2 Å². The molecule has 106 valence electrons. The third-order valence-corrected chi connectivity index (χ3v) is 3.78. The minimum absolute atomic E-state index is 0.0659. The Kier molecular flexibility index (Phi) is 5.95. The molecule has 1 unspecified atom stereocenters. The van der Waals surface area contributed by atoms with E-state index in [1.165, 1.54) is 12.1 Å². The summed E-state index contributed by atoms with van der Waals surface area (Å²) in [6, 6.07) is 3.73. The monoisotopic (exact) mass is 286 g/mol. The summed E-state index contributed by atoms with van der Waals surface area (Å²) in [5.74, 6) is 0.0595. The van der Waals surface area contributed by atoms with Crippen molar-refractivity contribution >= 4 is 28.1 Å². The van der Waals surface area contributed by atoms with E-state index in [2.05, 4.69) is 5.32 Å². The molecular formula is C13H19FN2O2S. The van der Waals surface area contributed by atoms with Crippen molar-refractivity contribution in [1.29, 1.82) is 0 Å². The van der Waals surface area contributed by atoms with E-state index in [-0.39, 0.29) is 17.3 Å². The largest absolute Gasteiger partial charge is 0.397 e. The number of carbonyl (C=O) groups excluding carboxylic acids is 1. The molecule has 0 bridgehead atoms. The van der Waals surface area contributed by atoms with Crippen molar-refractivity contribution in [2.24, 2.45) is 5.92 Å². The number of hydrogen-bond acceptors (Lipinski definition) is 3. The number of hydrogen-bond donors (Lipinski definition) is 2. The Morgan fingerprint density at radius 2 is 2.16 bits per heavy atom. The van der Waals surface area contributed by atoms with E-state index < -0.39 is 16.6 Å². The summed E-state index contributed by atoms with van der Waals surface area (Å²) < 4.78 is 24.5. The van der Waals surface area contributed by atoms with E-state index in [1.807, 2.05) is 13.8 Å². The number of benzene rings is 1. The lowest BCUT2D eigenvalue weighted by atomic mass is 10.2. The lowest BCUT2D eigenvalue weighted by Gasteiger charge is -2.08. The molecule has 1 atom stereocenters. The second-order valence-corrected chi connectivity index (χ2v) is 6.33. The second kappa shape index (κ2) is 7.23. The number of nitrogens with two attached hydrogens (primary N) is 1. The van der Waals surface area contributed by atoms with Gasteiger partial charge in [-0.05, 0) is 30.5 Å². The Morgan fingerprint density at radius 1 is 1.47 bits per heavy atom. The summed E-state index contributed by atoms with van der Waals surface area (Å²) in [4.78, 5) is 11.7. The maximum atomic E-state index is 12.8. The van der Waals surface area contributed by atoms with Crippen LogP contribution in [0.3, 0.4) is 0 Å². The predicted octanol–water partition coefficient (Wildman–Crippen LogP) is 2.14. The average Bonchev–Trinajstić information content (AvgIpc) is 2.30. The number of halogens is 1. The number of anilines is 2. The van der Waals surface area contributed by atoms with Gasteiger partial charge in [0.05, 0.1) is 11.4 Å². The molecule has 0 aliphatic carbocycles. The molecule has 0 saturated carbocycles. The van der Waals surface area contributed by atoms with E-state index in [0.29, 0.717) is 17.4 Å². The highest BCUT2D eigenvalue weighted by atomic mass is 32.2. The van der Waals surface area contributed by atoms with Gasteiger partial charge in [0.15, 0.2) is 0 Å². The van der Waals surface area contributed by atoms with Crippen LogP contribution in [-0.4, -0.2) is 21.6 Å². The van der Waals surface area contributed by atoms with Gasteiger partial charge in [-0.15, -0.1) is 0 Å². The first kappa shape index (κ1) is 15.6. The van der Waals surface area contributed by atoms with Crippen molar-refractivity contribution in [3.05, 3.63) is 24.0 Å². The predicted molar refractivity (Wildman–Crippen MR) is 76.8 cm³/mol. The van der Waals surface area contributed by atoms with Crippen LogP contribution in [0.5, 0.6) is 0 Å². The lowest BCUT2D eigenvalue weighted by Crippen LogP contribution is -2.21. The molecule has 0 spiro atoms. The van der Waals surface area contributed by atoms with Crippen LogP contribution in [0.25, 0.3) is 0 Å². The SMILES string of the molecule is CC(C)CCS(=O)CC(=O)Nc1ccc(F)cc1N. The van der Waals surface area contributed by atoms with Gasteiger partial charge in [0.2, 0.25) is 5.91 Å². The van der Waals surface area contributed by atoms with Crippen molar-refractivity contribution in [3.8, 4) is 0 Å². The molecule has 0 saturated heterocycles. The molecule has 19 heavy (non-hydrogen) atoms. The first-order valence-corrected chi connectivity index (χ1v) is 7.57. The molecule has 0 radical (unpaired) electrons. The van der Waals surface area contributed by atoms with Gasteiger partial charge in [0.25, 0.3) is 0 Å². The molecule has 1 aromatic rings. The zero-order chi connectivity index (χ0) is 14.4. The molecule has 3 N–H and O–H groups in total. The molecule has 0 heterocycles. The van der Waals surface area contributed by atoms with Crippen LogP contribution >= 0.6 is 0 Å². The lowest BCUT2D eigenvalue weighted by molar-refractivity contribution is -0.113. The zero-order valence-corrected chi connectivity index (χ0v) is 11.9. The van der Waals surface area contributed by atoms with Gasteiger partial charge in [-0.25, -0.2) is 4.39 Å². The van der Waals surface area contributed by atoms with Crippen molar-refractivity contribution in [1.82, 2.24) is 0 Å². The maximum Gasteiger partial charge on any atom is 0.237 e. The third kappa shape index (κ3) is 5.83. The normalized spacial score (nSPS) is 12.4. The van der Waals surface area contributed by atoms with Gasteiger partial charge < -0.3 is 11.1 Å². The van der Waals surface area contributed by atoms with Crippen LogP contribution in [-0.2, 0) is 15.6 Å². The Labute approximate surface area is 115 Å². The molecular weight excluding hydrogens is 267 g/mol. The minimum Gasteiger partial charge on any atom is -0.397 e. The standard InChI is InChI=1S/C13H19FN2O2S/c1-9(2)5-6-19(18)8-13(17)16-12-4-3-10(14)7-11(12)15/h3-4,7,9H,5-6,8,15H2,1-2H3,(H,16,17). The van der Waals surface area contributed by atoms with Crippen molar-refractivity contribution < 1.29 is 13.4 Å². The Bertz CT molecular complexity index is 478. The molecule has 0 aromatic heterocycles. The van der Waals surface area contributed by atoms with E-state index in [0.717, 1.165) is 12.5 Å². The van der Waals surface area contributed by atoms with Crippen molar-refractivity contribution in [2.75, 3.05) is 22.6 Å². The summed E-state index contributed by atoms with van der Waals surface area (Å²) in [6.45, 7) is 4.08. The maximum absolute atomic E-state index is 12.8. The summed E-state index contributed by atoms with van der Waals surface area (Å²) in [7, 11) is -1.18. The number of amides is 1. The summed E-state index contributed by atoms with van der Waals surface area (Å²) in [5, 5.41) is 2.53. The minimum atomic E-state index is -1.18. The van der Waals surface area contributed by atoms with Gasteiger partial charge in [-0.2, -0.15) is 0 Å². The van der Waals surface area contributed by atoms with Gasteiger partial charge in [0.1, 0.15) is 11.6 Å². The molecule has 1 amide bonds. The fourth-order valence-corrected chi connectivity index (χ4v) is 2.66. The van der Waals surface area contributed by atoms with E-state index in [1.54, 1.807) is 0 Å². The summed E-state index contributed by atoms with van der Waals surface area (Å²) in [6.07, 6.45) is 0.818.